The molecule has 178 valence electrons. The summed E-state index contributed by atoms with van der Waals surface area (Å²) in [7, 11) is -9.13. The summed E-state index contributed by atoms with van der Waals surface area (Å²) in [6, 6.07) is 19.4. The quantitative estimate of drug-likeness (QED) is 0.167. The third-order valence-corrected chi connectivity index (χ3v) is 6.55. The normalized spacial score (nSPS) is 12.6. The van der Waals surface area contributed by atoms with Gasteiger partial charge in [-0.3, -0.25) is 9.11 Å². The highest BCUT2D eigenvalue weighted by molar-refractivity contribution is 7.86. The molecule has 0 bridgehead atoms. The molecule has 0 aliphatic heterocycles. The average molecular weight is 512 g/mol. The topological polar surface area (TPSA) is 184 Å². The van der Waals surface area contributed by atoms with Gasteiger partial charge in [0.1, 0.15) is 10.6 Å². The Labute approximate surface area is 200 Å². The van der Waals surface area contributed by atoms with Crippen LogP contribution in [0.4, 0.5) is 28.4 Å². The maximum absolute atomic E-state index is 12.0. The summed E-state index contributed by atoms with van der Waals surface area (Å²) in [5.41, 5.74) is 6.96. The summed E-state index contributed by atoms with van der Waals surface area (Å²) in [4.78, 5) is -0.876. The SMILES string of the molecule is Nc1ccc(N=Nc2ccc(N=Nc3ccccc3)cc2S(=O)(=O)O)c2ccc(S(=O)(=O)O)cc12. The predicted molar refractivity (Wildman–Crippen MR) is 129 cm³/mol. The van der Waals surface area contributed by atoms with Crippen molar-refractivity contribution in [2.45, 2.75) is 9.79 Å². The molecule has 0 spiro atoms. The summed E-state index contributed by atoms with van der Waals surface area (Å²) in [5.74, 6) is 0. The van der Waals surface area contributed by atoms with Gasteiger partial charge < -0.3 is 5.73 Å². The fourth-order valence-corrected chi connectivity index (χ4v) is 4.30. The first kappa shape index (κ1) is 24.1. The van der Waals surface area contributed by atoms with Crippen LogP contribution in [0.5, 0.6) is 0 Å². The van der Waals surface area contributed by atoms with Gasteiger partial charge in [-0.1, -0.05) is 24.3 Å². The second-order valence-electron chi connectivity index (χ2n) is 7.22. The van der Waals surface area contributed by atoms with Gasteiger partial charge in [-0.25, -0.2) is 0 Å². The molecule has 0 aliphatic carbocycles. The van der Waals surface area contributed by atoms with Gasteiger partial charge in [0.15, 0.2) is 0 Å². The van der Waals surface area contributed by atoms with Crippen LogP contribution in [0.1, 0.15) is 0 Å². The number of benzene rings is 4. The van der Waals surface area contributed by atoms with Crippen molar-refractivity contribution in [2.75, 3.05) is 5.73 Å². The van der Waals surface area contributed by atoms with E-state index in [2.05, 4.69) is 20.5 Å². The molecule has 0 amide bonds. The summed E-state index contributed by atoms with van der Waals surface area (Å²) in [5, 5.41) is 16.7. The maximum Gasteiger partial charge on any atom is 0.296 e. The molecule has 0 saturated carbocycles. The van der Waals surface area contributed by atoms with Gasteiger partial charge in [0.2, 0.25) is 0 Å². The molecule has 0 unspecified atom stereocenters. The first-order valence-electron chi connectivity index (χ1n) is 9.82. The van der Waals surface area contributed by atoms with Crippen LogP contribution in [0, 0.1) is 0 Å². The molecule has 0 heterocycles. The smallest absolute Gasteiger partial charge is 0.296 e. The van der Waals surface area contributed by atoms with E-state index in [0.717, 1.165) is 6.07 Å². The lowest BCUT2D eigenvalue weighted by molar-refractivity contribution is 0.481. The minimum atomic E-state index is -4.68. The number of anilines is 1. The molecule has 0 radical (unpaired) electrons. The molecule has 11 nitrogen and oxygen atoms in total. The van der Waals surface area contributed by atoms with Crippen LogP contribution in [0.15, 0.2) is 109 Å². The standard InChI is InChI=1S/C22H17N5O6S2/c23-19-9-11-20(17-8-7-16(13-18(17)19)34(28,29)30)26-27-21-10-6-15(12-22(21)35(31,32)33)25-24-14-4-2-1-3-5-14/h1-13H,23H2,(H,28,29,30)(H,31,32,33). The van der Waals surface area contributed by atoms with Crippen molar-refractivity contribution in [2.24, 2.45) is 20.5 Å². The van der Waals surface area contributed by atoms with E-state index in [1.165, 1.54) is 42.5 Å². The van der Waals surface area contributed by atoms with Crippen molar-refractivity contribution in [3.8, 4) is 0 Å². The molecular weight excluding hydrogens is 494 g/mol. The average Bonchev–Trinajstić information content (AvgIpc) is 2.82. The molecule has 0 saturated heterocycles. The summed E-state index contributed by atoms with van der Waals surface area (Å²) in [6.45, 7) is 0. The molecule has 0 aliphatic rings. The van der Waals surface area contributed by atoms with E-state index in [1.807, 2.05) is 6.07 Å². The Morgan fingerprint density at radius 1 is 0.600 bits per heavy atom. The number of nitrogen functional groups attached to an aromatic ring is 1. The molecule has 13 heteroatoms. The Morgan fingerprint density at radius 2 is 1.26 bits per heavy atom. The monoisotopic (exact) mass is 511 g/mol. The zero-order chi connectivity index (χ0) is 25.2. The van der Waals surface area contributed by atoms with Crippen LogP contribution in [-0.2, 0) is 20.2 Å². The van der Waals surface area contributed by atoms with E-state index in [0.29, 0.717) is 16.5 Å². The van der Waals surface area contributed by atoms with Crippen LogP contribution < -0.4 is 5.73 Å². The fraction of sp³-hybridized carbons (Fsp3) is 0. The van der Waals surface area contributed by atoms with Crippen molar-refractivity contribution in [3.05, 3.63) is 78.9 Å². The van der Waals surface area contributed by atoms with Crippen LogP contribution >= 0.6 is 0 Å². The molecule has 4 rings (SSSR count). The number of azo groups is 2. The third kappa shape index (κ3) is 5.55. The maximum atomic E-state index is 12.0. The van der Waals surface area contributed by atoms with Crippen LogP contribution in [0.25, 0.3) is 10.8 Å². The van der Waals surface area contributed by atoms with Gasteiger partial charge in [0, 0.05) is 16.5 Å². The molecule has 0 aromatic heterocycles. The first-order chi connectivity index (χ1) is 16.5. The Morgan fingerprint density at radius 3 is 1.94 bits per heavy atom. The minimum Gasteiger partial charge on any atom is -0.398 e. The molecular formula is C22H17N5O6S2. The molecule has 0 atom stereocenters. The van der Waals surface area contributed by atoms with E-state index >= 15 is 0 Å². The van der Waals surface area contributed by atoms with Crippen molar-refractivity contribution < 1.29 is 25.9 Å². The number of nitrogens with zero attached hydrogens (tertiary/aromatic N) is 4. The number of nitrogens with two attached hydrogens (primary N) is 1. The van der Waals surface area contributed by atoms with Gasteiger partial charge in [-0.15, -0.1) is 10.2 Å². The highest BCUT2D eigenvalue weighted by Gasteiger charge is 2.17. The molecule has 35 heavy (non-hydrogen) atoms. The minimum absolute atomic E-state index is 0.161. The van der Waals surface area contributed by atoms with Crippen LogP contribution in [0.2, 0.25) is 0 Å². The Balaban J connectivity index is 1.74. The highest BCUT2D eigenvalue weighted by atomic mass is 32.2. The van der Waals surface area contributed by atoms with E-state index in [9.17, 15) is 25.9 Å². The lowest BCUT2D eigenvalue weighted by atomic mass is 10.1. The third-order valence-electron chi connectivity index (χ3n) is 4.82. The molecule has 4 N–H and O–H groups in total. The lowest BCUT2D eigenvalue weighted by Crippen LogP contribution is -1.98. The van der Waals surface area contributed by atoms with E-state index in [4.69, 9.17) is 5.73 Å². The highest BCUT2D eigenvalue weighted by Crippen LogP contribution is 2.35. The van der Waals surface area contributed by atoms with Gasteiger partial charge in [0.25, 0.3) is 20.2 Å². The Kier molecular flexibility index (Phi) is 6.41. The van der Waals surface area contributed by atoms with Crippen LogP contribution in [0.3, 0.4) is 0 Å². The number of rotatable bonds is 6. The zero-order valence-corrected chi connectivity index (χ0v) is 19.3. The van der Waals surface area contributed by atoms with Crippen molar-refractivity contribution in [1.29, 1.82) is 0 Å². The Bertz CT molecular complexity index is 1700. The van der Waals surface area contributed by atoms with E-state index in [1.54, 1.807) is 24.3 Å². The summed E-state index contributed by atoms with van der Waals surface area (Å²) in [6.07, 6.45) is 0. The summed E-state index contributed by atoms with van der Waals surface area (Å²) < 4.78 is 65.8. The fourth-order valence-electron chi connectivity index (χ4n) is 3.15. The second-order valence-corrected chi connectivity index (χ2v) is 10.0. The van der Waals surface area contributed by atoms with Gasteiger partial charge in [0.05, 0.1) is 22.0 Å². The van der Waals surface area contributed by atoms with Gasteiger partial charge >= 0.3 is 0 Å². The van der Waals surface area contributed by atoms with E-state index in [-0.39, 0.29) is 27.6 Å². The van der Waals surface area contributed by atoms with Gasteiger partial charge in [-0.2, -0.15) is 27.1 Å². The number of hydrogen-bond acceptors (Lipinski definition) is 9. The van der Waals surface area contributed by atoms with Crippen molar-refractivity contribution in [3.63, 3.8) is 0 Å². The van der Waals surface area contributed by atoms with E-state index < -0.39 is 25.1 Å². The van der Waals surface area contributed by atoms with Crippen molar-refractivity contribution >= 4 is 59.4 Å². The van der Waals surface area contributed by atoms with Crippen LogP contribution in [-0.4, -0.2) is 25.9 Å². The van der Waals surface area contributed by atoms with Crippen molar-refractivity contribution in [1.82, 2.24) is 0 Å². The second kappa shape index (κ2) is 9.31. The van der Waals surface area contributed by atoms with Gasteiger partial charge in [-0.05, 0) is 54.6 Å². The molecule has 4 aromatic rings. The molecule has 0 fully saturated rings. The number of fused-ring (bicyclic) bond motifs is 1. The zero-order valence-electron chi connectivity index (χ0n) is 17.7. The molecule has 4 aromatic carbocycles. The largest absolute Gasteiger partial charge is 0.398 e. The lowest BCUT2D eigenvalue weighted by Gasteiger charge is -2.07. The number of hydrogen-bond donors (Lipinski definition) is 3. The first-order valence-corrected chi connectivity index (χ1v) is 12.7. The Hall–Kier alpha value is -4.04. The predicted octanol–water partition coefficient (Wildman–Crippen LogP) is 5.75. The summed E-state index contributed by atoms with van der Waals surface area (Å²) >= 11 is 0.